The molecule has 0 radical (unpaired) electrons. The molecule has 0 aliphatic carbocycles. The molecule has 0 saturated carbocycles. The molecule has 2 aromatic rings. The van der Waals surface area contributed by atoms with Gasteiger partial charge < -0.3 is 4.90 Å². The summed E-state index contributed by atoms with van der Waals surface area (Å²) in [5, 5.41) is 0. The molecule has 0 bridgehead atoms. The van der Waals surface area contributed by atoms with Crippen LogP contribution in [0, 0.1) is 11.6 Å². The first-order valence-electron chi connectivity index (χ1n) is 7.36. The van der Waals surface area contributed by atoms with Crippen LogP contribution in [0.5, 0.6) is 0 Å². The number of nitrogens with zero attached hydrogens (tertiary/aromatic N) is 1. The molecule has 0 aromatic heterocycles. The second-order valence-electron chi connectivity index (χ2n) is 5.78. The van der Waals surface area contributed by atoms with E-state index in [0.29, 0.717) is 31.1 Å². The molecule has 24 heavy (non-hydrogen) atoms. The highest BCUT2D eigenvalue weighted by molar-refractivity contribution is 7.90. The number of halogens is 2. The average molecular weight is 351 g/mol. The molecule has 4 nitrogen and oxygen atoms in total. The van der Waals surface area contributed by atoms with Gasteiger partial charge in [-0.3, -0.25) is 4.79 Å². The molecule has 126 valence electrons. The Balaban J connectivity index is 2.01. The van der Waals surface area contributed by atoms with Gasteiger partial charge in [-0.05, 0) is 48.7 Å². The van der Waals surface area contributed by atoms with Gasteiger partial charge in [0.15, 0.2) is 9.84 Å². The predicted molar refractivity (Wildman–Crippen MR) is 85.9 cm³/mol. The Hall–Kier alpha value is -2.28. The van der Waals surface area contributed by atoms with Crippen molar-refractivity contribution in [2.75, 3.05) is 17.7 Å². The van der Waals surface area contributed by atoms with Gasteiger partial charge in [0, 0.05) is 30.1 Å². The van der Waals surface area contributed by atoms with E-state index >= 15 is 0 Å². The number of hydrogen-bond acceptors (Lipinski definition) is 3. The van der Waals surface area contributed by atoms with Crippen molar-refractivity contribution in [2.45, 2.75) is 17.7 Å². The van der Waals surface area contributed by atoms with Crippen LogP contribution in [-0.4, -0.2) is 27.1 Å². The summed E-state index contributed by atoms with van der Waals surface area (Å²) < 4.78 is 50.0. The lowest BCUT2D eigenvalue weighted by atomic mass is 10.0. The number of hydrogen-bond donors (Lipinski definition) is 0. The van der Waals surface area contributed by atoms with E-state index in [1.54, 1.807) is 12.1 Å². The first-order valence-corrected chi connectivity index (χ1v) is 9.26. The summed E-state index contributed by atoms with van der Waals surface area (Å²) in [5.41, 5.74) is 1.23. The molecule has 3 rings (SSSR count). The number of carbonyl (C=O) groups is 1. The van der Waals surface area contributed by atoms with Crippen molar-refractivity contribution in [3.05, 3.63) is 59.2 Å². The summed E-state index contributed by atoms with van der Waals surface area (Å²) in [4.78, 5) is 14.2. The Morgan fingerprint density at radius 3 is 2.38 bits per heavy atom. The summed E-state index contributed by atoms with van der Waals surface area (Å²) in [6, 6.07) is 7.25. The van der Waals surface area contributed by atoms with Crippen LogP contribution in [0.1, 0.15) is 22.3 Å². The van der Waals surface area contributed by atoms with Gasteiger partial charge in [-0.1, -0.05) is 0 Å². The fourth-order valence-electron chi connectivity index (χ4n) is 2.85. The van der Waals surface area contributed by atoms with E-state index in [0.717, 1.165) is 24.0 Å². The summed E-state index contributed by atoms with van der Waals surface area (Å²) in [6.45, 7) is 0.405. The van der Waals surface area contributed by atoms with Crippen molar-refractivity contribution in [3.63, 3.8) is 0 Å². The van der Waals surface area contributed by atoms with Gasteiger partial charge in [-0.15, -0.1) is 0 Å². The summed E-state index contributed by atoms with van der Waals surface area (Å²) in [5.74, 6) is -2.15. The molecule has 0 N–H and O–H groups in total. The van der Waals surface area contributed by atoms with Crippen LogP contribution < -0.4 is 4.90 Å². The Morgan fingerprint density at radius 1 is 1.08 bits per heavy atom. The van der Waals surface area contributed by atoms with Gasteiger partial charge in [0.2, 0.25) is 0 Å². The molecule has 1 heterocycles. The van der Waals surface area contributed by atoms with E-state index < -0.39 is 27.4 Å². The lowest BCUT2D eigenvalue weighted by Gasteiger charge is -2.30. The number of benzene rings is 2. The van der Waals surface area contributed by atoms with Crippen molar-refractivity contribution in [1.29, 1.82) is 0 Å². The van der Waals surface area contributed by atoms with Gasteiger partial charge in [-0.25, -0.2) is 17.2 Å². The van der Waals surface area contributed by atoms with Crippen LogP contribution in [0.15, 0.2) is 41.3 Å². The van der Waals surface area contributed by atoms with Gasteiger partial charge in [0.25, 0.3) is 5.91 Å². The highest BCUT2D eigenvalue weighted by Gasteiger charge is 2.25. The number of fused-ring (bicyclic) bond motifs is 1. The Morgan fingerprint density at radius 2 is 1.75 bits per heavy atom. The number of aryl methyl sites for hydroxylation is 1. The molecular formula is C17H15F2NO3S. The molecule has 2 aromatic carbocycles. The maximum atomic E-state index is 13.4. The van der Waals surface area contributed by atoms with Gasteiger partial charge >= 0.3 is 0 Å². The number of carbonyl (C=O) groups excluding carboxylic acids is 1. The molecule has 1 aliphatic rings. The zero-order chi connectivity index (χ0) is 17.5. The second kappa shape index (κ2) is 5.98. The summed E-state index contributed by atoms with van der Waals surface area (Å²) in [7, 11) is -3.34. The van der Waals surface area contributed by atoms with Gasteiger partial charge in [0.05, 0.1) is 4.90 Å². The molecule has 0 fully saturated rings. The fraction of sp³-hybridized carbons (Fsp3) is 0.235. The number of sulfone groups is 1. The van der Waals surface area contributed by atoms with Crippen LogP contribution in [0.25, 0.3) is 0 Å². The van der Waals surface area contributed by atoms with E-state index in [1.807, 2.05) is 0 Å². The fourth-order valence-corrected chi connectivity index (χ4v) is 3.52. The van der Waals surface area contributed by atoms with E-state index in [-0.39, 0.29) is 10.5 Å². The van der Waals surface area contributed by atoms with Crippen LogP contribution in [0.3, 0.4) is 0 Å². The minimum absolute atomic E-state index is 0.0764. The average Bonchev–Trinajstić information content (AvgIpc) is 2.51. The molecule has 7 heteroatoms. The van der Waals surface area contributed by atoms with Crippen molar-refractivity contribution in [3.8, 4) is 0 Å². The predicted octanol–water partition coefficient (Wildman–Crippen LogP) is 2.96. The smallest absolute Gasteiger partial charge is 0.258 e. The second-order valence-corrected chi connectivity index (χ2v) is 7.80. The standard InChI is InChI=1S/C17H15F2NO3S/c1-24(22,23)15-4-5-16-11(9-15)3-2-6-20(16)17(21)12-7-13(18)10-14(19)8-12/h4-5,7-10H,2-3,6H2,1H3. The van der Waals surface area contributed by atoms with Crippen molar-refractivity contribution in [2.24, 2.45) is 0 Å². The van der Waals surface area contributed by atoms with Gasteiger partial charge in [-0.2, -0.15) is 0 Å². The quantitative estimate of drug-likeness (QED) is 0.836. The maximum absolute atomic E-state index is 13.4. The van der Waals surface area contributed by atoms with E-state index in [1.165, 1.54) is 11.0 Å². The molecule has 0 unspecified atom stereocenters. The third-order valence-electron chi connectivity index (χ3n) is 3.95. The third-order valence-corrected chi connectivity index (χ3v) is 5.06. The first kappa shape index (κ1) is 16.6. The minimum atomic E-state index is -3.34. The van der Waals surface area contributed by atoms with E-state index in [4.69, 9.17) is 0 Å². The van der Waals surface area contributed by atoms with E-state index in [9.17, 15) is 22.0 Å². The van der Waals surface area contributed by atoms with Crippen molar-refractivity contribution in [1.82, 2.24) is 0 Å². The monoisotopic (exact) mass is 351 g/mol. The molecule has 1 amide bonds. The molecule has 0 atom stereocenters. The zero-order valence-corrected chi connectivity index (χ0v) is 13.7. The van der Waals surface area contributed by atoms with Gasteiger partial charge in [0.1, 0.15) is 11.6 Å². The topological polar surface area (TPSA) is 54.5 Å². The van der Waals surface area contributed by atoms with Crippen LogP contribution in [0.2, 0.25) is 0 Å². The SMILES string of the molecule is CS(=O)(=O)c1ccc2c(c1)CCCN2C(=O)c1cc(F)cc(F)c1. The number of rotatable bonds is 2. The highest BCUT2D eigenvalue weighted by Crippen LogP contribution is 2.30. The number of amides is 1. The molecule has 1 aliphatic heterocycles. The van der Waals surface area contributed by atoms with Crippen molar-refractivity contribution < 1.29 is 22.0 Å². The highest BCUT2D eigenvalue weighted by atomic mass is 32.2. The lowest BCUT2D eigenvalue weighted by molar-refractivity contribution is 0.0984. The maximum Gasteiger partial charge on any atom is 0.258 e. The Labute approximate surface area is 138 Å². The third kappa shape index (κ3) is 3.17. The molecule has 0 saturated heterocycles. The minimum Gasteiger partial charge on any atom is -0.308 e. The normalized spacial score (nSPS) is 14.4. The van der Waals surface area contributed by atoms with Crippen LogP contribution in [-0.2, 0) is 16.3 Å². The molecular weight excluding hydrogens is 336 g/mol. The number of anilines is 1. The van der Waals surface area contributed by atoms with Crippen molar-refractivity contribution >= 4 is 21.4 Å². The Kier molecular flexibility index (Phi) is 4.13. The molecule has 0 spiro atoms. The Bertz CT molecular complexity index is 905. The first-order chi connectivity index (χ1) is 11.3. The van der Waals surface area contributed by atoms with Crippen LogP contribution >= 0.6 is 0 Å². The van der Waals surface area contributed by atoms with E-state index in [2.05, 4.69) is 0 Å². The lowest BCUT2D eigenvalue weighted by Crippen LogP contribution is -2.35. The largest absolute Gasteiger partial charge is 0.308 e. The summed E-state index contributed by atoms with van der Waals surface area (Å²) in [6.07, 6.45) is 2.40. The summed E-state index contributed by atoms with van der Waals surface area (Å²) >= 11 is 0. The van der Waals surface area contributed by atoms with Crippen LogP contribution in [0.4, 0.5) is 14.5 Å². The zero-order valence-electron chi connectivity index (χ0n) is 12.9.